The lowest BCUT2D eigenvalue weighted by molar-refractivity contribution is 0.566. The molecule has 0 radical (unpaired) electrons. The van der Waals surface area contributed by atoms with E-state index in [0.29, 0.717) is 5.56 Å². The monoisotopic (exact) mass is 459 g/mol. The van der Waals surface area contributed by atoms with Crippen molar-refractivity contribution in [1.82, 2.24) is 4.98 Å². The first-order valence-electron chi connectivity index (χ1n) is 13.6. The summed E-state index contributed by atoms with van der Waals surface area (Å²) in [6.07, 6.45) is 16.0. The van der Waals surface area contributed by atoms with Crippen LogP contribution in [-0.4, -0.2) is 4.98 Å². The van der Waals surface area contributed by atoms with Crippen LogP contribution in [0.4, 0.5) is 4.39 Å². The number of halogens is 1. The van der Waals surface area contributed by atoms with E-state index in [-0.39, 0.29) is 5.95 Å². The fraction of sp³-hybridized carbons (Fsp3) is 0.469. The molecule has 0 saturated carbocycles. The van der Waals surface area contributed by atoms with E-state index in [0.717, 1.165) is 36.1 Å². The third kappa shape index (κ3) is 8.38. The van der Waals surface area contributed by atoms with E-state index in [9.17, 15) is 4.39 Å². The van der Waals surface area contributed by atoms with E-state index < -0.39 is 0 Å². The fourth-order valence-corrected chi connectivity index (χ4v) is 4.55. The molecule has 0 fully saturated rings. The smallest absolute Gasteiger partial charge is 0.220 e. The van der Waals surface area contributed by atoms with Crippen molar-refractivity contribution in [2.45, 2.75) is 97.3 Å². The number of aryl methyl sites for hydroxylation is 2. The molecule has 3 rings (SSSR count). The standard InChI is InChI=1S/C32H42FN/c1-3-5-7-9-10-11-13-15-30-24-25-31(32(33)34-30)29-22-20-28(21-23-29)27-18-16-26(17-19-27)14-12-8-6-4-2/h16-25H,3-15H2,1-2H3. The molecule has 0 bridgehead atoms. The number of benzene rings is 2. The average Bonchev–Trinajstić information content (AvgIpc) is 2.87. The molecule has 0 spiro atoms. The minimum absolute atomic E-state index is 0.361. The highest BCUT2D eigenvalue weighted by Gasteiger charge is 2.09. The summed E-state index contributed by atoms with van der Waals surface area (Å²) < 4.78 is 14.8. The predicted octanol–water partition coefficient (Wildman–Crippen LogP) is 9.97. The van der Waals surface area contributed by atoms with E-state index in [1.54, 1.807) is 0 Å². The lowest BCUT2D eigenvalue weighted by Crippen LogP contribution is -1.96. The van der Waals surface area contributed by atoms with Crippen LogP contribution in [0.25, 0.3) is 22.3 Å². The van der Waals surface area contributed by atoms with Crippen molar-refractivity contribution >= 4 is 0 Å². The number of nitrogens with zero attached hydrogens (tertiary/aromatic N) is 1. The maximum Gasteiger partial charge on any atom is 0.220 e. The Hall–Kier alpha value is -2.48. The van der Waals surface area contributed by atoms with Gasteiger partial charge in [-0.2, -0.15) is 4.39 Å². The second-order valence-electron chi connectivity index (χ2n) is 9.60. The Bertz CT molecular complexity index is 959. The van der Waals surface area contributed by atoms with E-state index in [1.165, 1.54) is 75.3 Å². The molecule has 182 valence electrons. The Morgan fingerprint density at radius 1 is 0.529 bits per heavy atom. The Balaban J connectivity index is 1.53. The minimum Gasteiger partial charge on any atom is -0.224 e. The Labute approximate surface area is 206 Å². The normalized spacial score (nSPS) is 11.1. The average molecular weight is 460 g/mol. The van der Waals surface area contributed by atoms with Crippen LogP contribution in [-0.2, 0) is 12.8 Å². The molecule has 0 aliphatic carbocycles. The van der Waals surface area contributed by atoms with E-state index >= 15 is 0 Å². The van der Waals surface area contributed by atoms with Crippen LogP contribution in [0.5, 0.6) is 0 Å². The lowest BCUT2D eigenvalue weighted by Gasteiger charge is -2.08. The van der Waals surface area contributed by atoms with Gasteiger partial charge in [0.1, 0.15) is 0 Å². The summed E-state index contributed by atoms with van der Waals surface area (Å²) in [6, 6.07) is 20.9. The van der Waals surface area contributed by atoms with E-state index in [1.807, 2.05) is 24.3 Å². The van der Waals surface area contributed by atoms with Gasteiger partial charge in [-0.15, -0.1) is 0 Å². The first-order chi connectivity index (χ1) is 16.7. The number of aromatic nitrogens is 1. The van der Waals surface area contributed by atoms with Gasteiger partial charge in [0.05, 0.1) is 0 Å². The van der Waals surface area contributed by atoms with Crippen molar-refractivity contribution in [2.24, 2.45) is 0 Å². The van der Waals surface area contributed by atoms with Crippen LogP contribution in [0.1, 0.15) is 95.7 Å². The van der Waals surface area contributed by atoms with Crippen LogP contribution in [0.15, 0.2) is 60.7 Å². The summed E-state index contributed by atoms with van der Waals surface area (Å²) in [5.74, 6) is -0.361. The van der Waals surface area contributed by atoms with Gasteiger partial charge in [-0.1, -0.05) is 120 Å². The largest absolute Gasteiger partial charge is 0.224 e. The van der Waals surface area contributed by atoms with Crippen molar-refractivity contribution < 1.29 is 4.39 Å². The van der Waals surface area contributed by atoms with E-state index in [4.69, 9.17) is 0 Å². The van der Waals surface area contributed by atoms with Gasteiger partial charge in [0, 0.05) is 11.3 Å². The van der Waals surface area contributed by atoms with Gasteiger partial charge in [0.25, 0.3) is 0 Å². The molecular formula is C32H42FN. The Morgan fingerprint density at radius 3 is 1.65 bits per heavy atom. The van der Waals surface area contributed by atoms with Crippen LogP contribution in [0.2, 0.25) is 0 Å². The molecule has 0 aliphatic heterocycles. The Kier molecular flexibility index (Phi) is 11.3. The molecular weight excluding hydrogens is 417 g/mol. The van der Waals surface area contributed by atoms with Gasteiger partial charge in [0.15, 0.2) is 0 Å². The highest BCUT2D eigenvalue weighted by Crippen LogP contribution is 2.27. The quantitative estimate of drug-likeness (QED) is 0.163. The zero-order valence-electron chi connectivity index (χ0n) is 21.3. The maximum atomic E-state index is 14.8. The molecule has 34 heavy (non-hydrogen) atoms. The van der Waals surface area contributed by atoms with Gasteiger partial charge in [-0.25, -0.2) is 4.98 Å². The summed E-state index contributed by atoms with van der Waals surface area (Å²) in [7, 11) is 0. The number of hydrogen-bond acceptors (Lipinski definition) is 1. The first-order valence-corrected chi connectivity index (χ1v) is 13.6. The second kappa shape index (κ2) is 14.7. The summed E-state index contributed by atoms with van der Waals surface area (Å²) in [5.41, 5.74) is 6.08. The zero-order valence-corrected chi connectivity index (χ0v) is 21.3. The number of hydrogen-bond donors (Lipinski definition) is 0. The Morgan fingerprint density at radius 2 is 1.03 bits per heavy atom. The van der Waals surface area contributed by atoms with Gasteiger partial charge >= 0.3 is 0 Å². The summed E-state index contributed by atoms with van der Waals surface area (Å²) in [4.78, 5) is 4.26. The summed E-state index contributed by atoms with van der Waals surface area (Å²) in [5, 5.41) is 0. The van der Waals surface area contributed by atoms with Gasteiger partial charge < -0.3 is 0 Å². The first kappa shape index (κ1) is 26.1. The van der Waals surface area contributed by atoms with Crippen LogP contribution in [0.3, 0.4) is 0 Å². The molecule has 0 unspecified atom stereocenters. The molecule has 0 saturated heterocycles. The molecule has 0 amide bonds. The molecule has 2 aromatic carbocycles. The fourth-order valence-electron chi connectivity index (χ4n) is 4.55. The third-order valence-corrected chi connectivity index (χ3v) is 6.75. The molecule has 1 heterocycles. The van der Waals surface area contributed by atoms with Crippen molar-refractivity contribution in [3.63, 3.8) is 0 Å². The van der Waals surface area contributed by atoms with Crippen LogP contribution < -0.4 is 0 Å². The zero-order chi connectivity index (χ0) is 24.0. The number of unbranched alkanes of at least 4 members (excludes halogenated alkanes) is 9. The molecule has 0 atom stereocenters. The van der Waals surface area contributed by atoms with Gasteiger partial charge in [-0.3, -0.25) is 0 Å². The molecule has 3 aromatic rings. The van der Waals surface area contributed by atoms with Crippen molar-refractivity contribution in [2.75, 3.05) is 0 Å². The number of rotatable bonds is 15. The molecule has 0 aliphatic rings. The van der Waals surface area contributed by atoms with Crippen molar-refractivity contribution in [3.8, 4) is 22.3 Å². The maximum absolute atomic E-state index is 14.8. The number of pyridine rings is 1. The highest BCUT2D eigenvalue weighted by atomic mass is 19.1. The SMILES string of the molecule is CCCCCCCCCc1ccc(-c2ccc(-c3ccc(CCCCCC)cc3)cc2)c(F)n1. The second-order valence-corrected chi connectivity index (χ2v) is 9.60. The van der Waals surface area contributed by atoms with Crippen LogP contribution in [0, 0.1) is 5.95 Å². The van der Waals surface area contributed by atoms with Crippen LogP contribution >= 0.6 is 0 Å². The third-order valence-electron chi connectivity index (χ3n) is 6.75. The molecule has 2 heteroatoms. The molecule has 1 aromatic heterocycles. The minimum atomic E-state index is -0.361. The van der Waals surface area contributed by atoms with Crippen molar-refractivity contribution in [1.29, 1.82) is 0 Å². The summed E-state index contributed by atoms with van der Waals surface area (Å²) >= 11 is 0. The van der Waals surface area contributed by atoms with E-state index in [2.05, 4.69) is 55.2 Å². The molecule has 1 nitrogen and oxygen atoms in total. The predicted molar refractivity (Wildman–Crippen MR) is 145 cm³/mol. The van der Waals surface area contributed by atoms with Gasteiger partial charge in [0.2, 0.25) is 5.95 Å². The van der Waals surface area contributed by atoms with Crippen molar-refractivity contribution in [3.05, 3.63) is 77.9 Å². The van der Waals surface area contributed by atoms with Gasteiger partial charge in [-0.05, 0) is 60.1 Å². The highest BCUT2D eigenvalue weighted by molar-refractivity contribution is 5.70. The summed E-state index contributed by atoms with van der Waals surface area (Å²) in [6.45, 7) is 4.49. The topological polar surface area (TPSA) is 12.9 Å². The lowest BCUT2D eigenvalue weighted by atomic mass is 9.98. The molecule has 0 N–H and O–H groups in total.